The van der Waals surface area contributed by atoms with Gasteiger partial charge in [0.1, 0.15) is 0 Å². The number of thiophene rings is 1. The van der Waals surface area contributed by atoms with Crippen LogP contribution in [0, 0.1) is 0 Å². The summed E-state index contributed by atoms with van der Waals surface area (Å²) in [5, 5.41) is 7.90. The average molecular weight is 336 g/mol. The fourth-order valence-electron chi connectivity index (χ4n) is 2.69. The molecule has 1 aromatic carbocycles. The fraction of sp³-hybridized carbons (Fsp3) is 0.353. The van der Waals surface area contributed by atoms with Gasteiger partial charge in [-0.3, -0.25) is 4.79 Å². The summed E-state index contributed by atoms with van der Waals surface area (Å²) in [5.74, 6) is 0.0260. The fourth-order valence-corrected chi connectivity index (χ4v) is 3.50. The van der Waals surface area contributed by atoms with E-state index >= 15 is 0 Å². The van der Waals surface area contributed by atoms with Gasteiger partial charge in [0.2, 0.25) is 5.91 Å². The summed E-state index contributed by atoms with van der Waals surface area (Å²) in [6.07, 6.45) is 2.50. The Hall–Kier alpha value is -1.36. The smallest absolute Gasteiger partial charge is 0.223 e. The number of amides is 1. The van der Waals surface area contributed by atoms with Crippen LogP contribution in [-0.4, -0.2) is 18.6 Å². The van der Waals surface area contributed by atoms with Crippen LogP contribution in [-0.2, 0) is 9.53 Å². The van der Waals surface area contributed by atoms with E-state index in [1.54, 1.807) is 11.3 Å². The highest BCUT2D eigenvalue weighted by Crippen LogP contribution is 2.26. The van der Waals surface area contributed by atoms with Crippen molar-refractivity contribution in [1.29, 1.82) is 0 Å². The van der Waals surface area contributed by atoms with Gasteiger partial charge in [-0.2, -0.15) is 11.3 Å². The van der Waals surface area contributed by atoms with Crippen molar-refractivity contribution in [3.05, 3.63) is 57.2 Å². The van der Waals surface area contributed by atoms with Crippen molar-refractivity contribution in [1.82, 2.24) is 5.32 Å². The largest absolute Gasteiger partial charge is 0.378 e. The second-order valence-electron chi connectivity index (χ2n) is 5.45. The Balaban J connectivity index is 1.74. The summed E-state index contributed by atoms with van der Waals surface area (Å²) >= 11 is 7.58. The SMILES string of the molecule is O=C(C[C@@H]1CCCO1)N[C@@H](c1ccc(Cl)cc1)c1ccsc1. The third-order valence-corrected chi connectivity index (χ3v) is 4.78. The Morgan fingerprint density at radius 2 is 2.14 bits per heavy atom. The zero-order valence-corrected chi connectivity index (χ0v) is 13.7. The minimum atomic E-state index is -0.141. The predicted molar refractivity (Wildman–Crippen MR) is 89.3 cm³/mol. The summed E-state index contributed by atoms with van der Waals surface area (Å²) in [5.41, 5.74) is 2.12. The van der Waals surface area contributed by atoms with Gasteiger partial charge in [0.05, 0.1) is 18.6 Å². The van der Waals surface area contributed by atoms with Crippen LogP contribution in [0.5, 0.6) is 0 Å². The summed E-state index contributed by atoms with van der Waals surface area (Å²) in [7, 11) is 0. The number of ether oxygens (including phenoxy) is 1. The molecule has 1 N–H and O–H groups in total. The molecule has 0 radical (unpaired) electrons. The van der Waals surface area contributed by atoms with Crippen molar-refractivity contribution in [2.75, 3.05) is 6.61 Å². The number of halogens is 1. The van der Waals surface area contributed by atoms with Crippen LogP contribution < -0.4 is 5.32 Å². The number of carbonyl (C=O) groups excluding carboxylic acids is 1. The monoisotopic (exact) mass is 335 g/mol. The van der Waals surface area contributed by atoms with E-state index in [0.29, 0.717) is 11.4 Å². The molecule has 1 aromatic heterocycles. The summed E-state index contributed by atoms with van der Waals surface area (Å²) in [4.78, 5) is 12.3. The highest BCUT2D eigenvalue weighted by molar-refractivity contribution is 7.08. The second-order valence-corrected chi connectivity index (χ2v) is 6.66. The maximum atomic E-state index is 12.3. The van der Waals surface area contributed by atoms with Crippen molar-refractivity contribution in [2.24, 2.45) is 0 Å². The quantitative estimate of drug-likeness (QED) is 0.890. The molecule has 0 unspecified atom stereocenters. The molecule has 5 heteroatoms. The maximum Gasteiger partial charge on any atom is 0.223 e. The summed E-state index contributed by atoms with van der Waals surface area (Å²) in [6.45, 7) is 0.767. The Morgan fingerprint density at radius 3 is 2.77 bits per heavy atom. The number of hydrogen-bond acceptors (Lipinski definition) is 3. The molecule has 2 atom stereocenters. The molecule has 116 valence electrons. The van der Waals surface area contributed by atoms with Crippen LogP contribution in [0.15, 0.2) is 41.1 Å². The first-order valence-electron chi connectivity index (χ1n) is 7.41. The van der Waals surface area contributed by atoms with Crippen molar-refractivity contribution < 1.29 is 9.53 Å². The molecule has 1 fully saturated rings. The number of nitrogens with one attached hydrogen (secondary N) is 1. The van der Waals surface area contributed by atoms with Gasteiger partial charge >= 0.3 is 0 Å². The molecular weight excluding hydrogens is 318 g/mol. The van der Waals surface area contributed by atoms with Gasteiger partial charge in [-0.05, 0) is 52.9 Å². The lowest BCUT2D eigenvalue weighted by atomic mass is 10.0. The van der Waals surface area contributed by atoms with Gasteiger partial charge in [-0.25, -0.2) is 0 Å². The second kappa shape index (κ2) is 7.27. The van der Waals surface area contributed by atoms with Crippen molar-refractivity contribution in [2.45, 2.75) is 31.4 Å². The first kappa shape index (κ1) is 15.5. The Kier molecular flexibility index (Phi) is 5.13. The van der Waals surface area contributed by atoms with E-state index in [0.717, 1.165) is 30.6 Å². The number of carbonyl (C=O) groups is 1. The zero-order valence-electron chi connectivity index (χ0n) is 12.1. The molecule has 22 heavy (non-hydrogen) atoms. The molecule has 3 nitrogen and oxygen atoms in total. The summed E-state index contributed by atoms with van der Waals surface area (Å²) in [6, 6.07) is 9.51. The van der Waals surface area contributed by atoms with E-state index in [9.17, 15) is 4.79 Å². The topological polar surface area (TPSA) is 38.3 Å². The summed E-state index contributed by atoms with van der Waals surface area (Å²) < 4.78 is 5.54. The first-order valence-corrected chi connectivity index (χ1v) is 8.73. The molecule has 0 saturated carbocycles. The molecule has 0 bridgehead atoms. The van der Waals surface area contributed by atoms with Gasteiger partial charge in [0.25, 0.3) is 0 Å². The third-order valence-electron chi connectivity index (χ3n) is 3.82. The number of hydrogen-bond donors (Lipinski definition) is 1. The molecule has 1 aliphatic rings. The van der Waals surface area contributed by atoms with Gasteiger partial charge in [0.15, 0.2) is 0 Å². The normalized spacial score (nSPS) is 19.0. The van der Waals surface area contributed by atoms with Crippen LogP contribution in [0.25, 0.3) is 0 Å². The molecular formula is C17H18ClNO2S. The van der Waals surface area contributed by atoms with Gasteiger partial charge in [0, 0.05) is 11.6 Å². The van der Waals surface area contributed by atoms with E-state index in [1.807, 2.05) is 35.7 Å². The Morgan fingerprint density at radius 1 is 1.32 bits per heavy atom. The van der Waals surface area contributed by atoms with Crippen LogP contribution >= 0.6 is 22.9 Å². The van der Waals surface area contributed by atoms with E-state index in [4.69, 9.17) is 16.3 Å². The van der Waals surface area contributed by atoms with Crippen molar-refractivity contribution in [3.8, 4) is 0 Å². The third kappa shape index (κ3) is 3.88. The lowest BCUT2D eigenvalue weighted by Gasteiger charge is -2.20. The molecule has 0 aliphatic carbocycles. The van der Waals surface area contributed by atoms with Gasteiger partial charge in [-0.15, -0.1) is 0 Å². The lowest BCUT2D eigenvalue weighted by Crippen LogP contribution is -2.31. The maximum absolute atomic E-state index is 12.3. The number of benzene rings is 1. The van der Waals surface area contributed by atoms with Gasteiger partial charge in [-0.1, -0.05) is 23.7 Å². The van der Waals surface area contributed by atoms with Crippen LogP contribution in [0.4, 0.5) is 0 Å². The molecule has 2 heterocycles. The van der Waals surface area contributed by atoms with Crippen LogP contribution in [0.1, 0.15) is 36.4 Å². The zero-order chi connectivity index (χ0) is 15.4. The van der Waals surface area contributed by atoms with E-state index in [2.05, 4.69) is 10.7 Å². The van der Waals surface area contributed by atoms with E-state index in [1.165, 1.54) is 0 Å². The molecule has 0 spiro atoms. The standard InChI is InChI=1S/C17H18ClNO2S/c18-14-5-3-12(4-6-14)17(13-7-9-22-11-13)19-16(20)10-15-2-1-8-21-15/h3-7,9,11,15,17H,1-2,8,10H2,(H,19,20)/t15-,17-/m0/s1. The van der Waals surface area contributed by atoms with Crippen molar-refractivity contribution >= 4 is 28.8 Å². The highest BCUT2D eigenvalue weighted by Gasteiger charge is 2.22. The highest BCUT2D eigenvalue weighted by atomic mass is 35.5. The molecule has 3 rings (SSSR count). The lowest BCUT2D eigenvalue weighted by molar-refractivity contribution is -0.123. The van der Waals surface area contributed by atoms with Crippen molar-refractivity contribution in [3.63, 3.8) is 0 Å². The number of rotatable bonds is 5. The molecule has 1 amide bonds. The molecule has 1 aliphatic heterocycles. The Bertz CT molecular complexity index is 606. The first-order chi connectivity index (χ1) is 10.7. The average Bonchev–Trinajstić information content (AvgIpc) is 3.19. The molecule has 1 saturated heterocycles. The van der Waals surface area contributed by atoms with E-state index in [-0.39, 0.29) is 18.1 Å². The van der Waals surface area contributed by atoms with E-state index < -0.39 is 0 Å². The van der Waals surface area contributed by atoms with Crippen LogP contribution in [0.2, 0.25) is 5.02 Å². The Labute approximate surface area is 139 Å². The predicted octanol–water partition coefficient (Wildman–Crippen LogP) is 4.18. The minimum Gasteiger partial charge on any atom is -0.378 e. The molecule has 2 aromatic rings. The van der Waals surface area contributed by atoms with Crippen LogP contribution in [0.3, 0.4) is 0 Å². The van der Waals surface area contributed by atoms with Gasteiger partial charge < -0.3 is 10.1 Å². The minimum absolute atomic E-state index is 0.0260.